The number of unbranched alkanes of at least 4 members (excludes halogenated alkanes) is 13. The van der Waals surface area contributed by atoms with Gasteiger partial charge >= 0.3 is 0 Å². The highest BCUT2D eigenvalue weighted by molar-refractivity contribution is 5.95. The first-order chi connectivity index (χ1) is 21.8. The van der Waals surface area contributed by atoms with Crippen molar-refractivity contribution in [1.82, 2.24) is 30.8 Å². The first-order valence-corrected chi connectivity index (χ1v) is 17.4. The van der Waals surface area contributed by atoms with Crippen molar-refractivity contribution >= 4 is 23.6 Å². The highest BCUT2D eigenvalue weighted by Crippen LogP contribution is 2.19. The van der Waals surface area contributed by atoms with Crippen molar-refractivity contribution in [2.24, 2.45) is 11.5 Å². The molecular weight excluding hydrogens is 572 g/mol. The molecule has 12 nitrogen and oxygen atoms in total. The van der Waals surface area contributed by atoms with Crippen LogP contribution in [0.2, 0.25) is 0 Å². The van der Waals surface area contributed by atoms with Gasteiger partial charge in [-0.05, 0) is 26.2 Å². The van der Waals surface area contributed by atoms with Crippen molar-refractivity contribution in [2.75, 3.05) is 19.6 Å². The molecule has 1 aromatic heterocycles. The van der Waals surface area contributed by atoms with Crippen LogP contribution in [0.3, 0.4) is 0 Å². The second-order valence-corrected chi connectivity index (χ2v) is 12.5. The van der Waals surface area contributed by atoms with Gasteiger partial charge in [-0.1, -0.05) is 90.4 Å². The van der Waals surface area contributed by atoms with Crippen LogP contribution in [0, 0.1) is 0 Å². The molecule has 12 heteroatoms. The van der Waals surface area contributed by atoms with Crippen molar-refractivity contribution in [2.45, 2.75) is 147 Å². The van der Waals surface area contributed by atoms with Gasteiger partial charge in [0.25, 0.3) is 0 Å². The SMILES string of the molecule is CCCCCCCCCCCCCCCCNC(=O)[C@H](Cc1cnc[nH]1)NC(=O)[C@@H]1CCCN1C(=O)[C@@H](C)NC(=O)[C@@H](N)CN. The van der Waals surface area contributed by atoms with Crippen molar-refractivity contribution in [3.05, 3.63) is 18.2 Å². The highest BCUT2D eigenvalue weighted by Gasteiger charge is 2.38. The van der Waals surface area contributed by atoms with Crippen LogP contribution in [0.25, 0.3) is 0 Å². The molecule has 256 valence electrons. The number of aromatic nitrogens is 2. The van der Waals surface area contributed by atoms with Gasteiger partial charge in [-0.2, -0.15) is 0 Å². The van der Waals surface area contributed by atoms with Crippen molar-refractivity contribution in [3.63, 3.8) is 0 Å². The van der Waals surface area contributed by atoms with Gasteiger partial charge in [0.05, 0.1) is 12.4 Å². The minimum Gasteiger partial charge on any atom is -0.354 e. The lowest BCUT2D eigenvalue weighted by atomic mass is 10.0. The van der Waals surface area contributed by atoms with Gasteiger partial charge < -0.3 is 37.3 Å². The number of likely N-dealkylation sites (tertiary alicyclic amines) is 1. The molecule has 0 spiro atoms. The summed E-state index contributed by atoms with van der Waals surface area (Å²) in [6.45, 7) is 4.70. The maximum absolute atomic E-state index is 13.4. The molecule has 8 N–H and O–H groups in total. The molecular formula is C33H60N8O4. The van der Waals surface area contributed by atoms with Crippen LogP contribution in [0.1, 0.15) is 122 Å². The van der Waals surface area contributed by atoms with E-state index < -0.39 is 36.0 Å². The fourth-order valence-corrected chi connectivity index (χ4v) is 5.79. The van der Waals surface area contributed by atoms with Crippen LogP contribution in [0.15, 0.2) is 12.5 Å². The van der Waals surface area contributed by atoms with E-state index in [4.69, 9.17) is 11.5 Å². The molecule has 0 bridgehead atoms. The van der Waals surface area contributed by atoms with Crippen LogP contribution in [-0.2, 0) is 25.6 Å². The topological polar surface area (TPSA) is 188 Å². The van der Waals surface area contributed by atoms with Crippen molar-refractivity contribution in [3.8, 4) is 0 Å². The monoisotopic (exact) mass is 632 g/mol. The Morgan fingerprint density at radius 3 is 2.09 bits per heavy atom. The van der Waals surface area contributed by atoms with Crippen LogP contribution in [0.4, 0.5) is 0 Å². The normalized spacial score (nSPS) is 16.6. The van der Waals surface area contributed by atoms with E-state index in [1.54, 1.807) is 13.1 Å². The fourth-order valence-electron chi connectivity index (χ4n) is 5.79. The fraction of sp³-hybridized carbons (Fsp3) is 0.788. The third-order valence-corrected chi connectivity index (χ3v) is 8.60. The highest BCUT2D eigenvalue weighted by atomic mass is 16.2. The summed E-state index contributed by atoms with van der Waals surface area (Å²) in [5.41, 5.74) is 11.8. The van der Waals surface area contributed by atoms with Crippen LogP contribution in [-0.4, -0.2) is 82.3 Å². The van der Waals surface area contributed by atoms with E-state index in [-0.39, 0.29) is 24.8 Å². The number of carbonyl (C=O) groups excluding carboxylic acids is 4. The third-order valence-electron chi connectivity index (χ3n) is 8.60. The molecule has 2 heterocycles. The summed E-state index contributed by atoms with van der Waals surface area (Å²) in [7, 11) is 0. The molecule has 0 radical (unpaired) electrons. The predicted molar refractivity (Wildman–Crippen MR) is 177 cm³/mol. The molecule has 0 saturated carbocycles. The van der Waals surface area contributed by atoms with Crippen LogP contribution in [0.5, 0.6) is 0 Å². The van der Waals surface area contributed by atoms with Gasteiger partial charge in [0, 0.05) is 37.9 Å². The molecule has 1 saturated heterocycles. The smallest absolute Gasteiger partial charge is 0.245 e. The number of imidazole rings is 1. The van der Waals surface area contributed by atoms with E-state index in [0.717, 1.165) is 25.0 Å². The number of H-pyrrole nitrogens is 1. The summed E-state index contributed by atoms with van der Waals surface area (Å²) in [6.07, 6.45) is 22.3. The summed E-state index contributed by atoms with van der Waals surface area (Å²) < 4.78 is 0. The van der Waals surface area contributed by atoms with Crippen molar-refractivity contribution < 1.29 is 19.2 Å². The predicted octanol–water partition coefficient (Wildman–Crippen LogP) is 2.82. The minimum atomic E-state index is -0.913. The Balaban J connectivity index is 1.74. The van der Waals surface area contributed by atoms with E-state index in [2.05, 4.69) is 32.8 Å². The Labute approximate surface area is 270 Å². The molecule has 1 aliphatic heterocycles. The van der Waals surface area contributed by atoms with Gasteiger partial charge in [0.1, 0.15) is 18.1 Å². The third kappa shape index (κ3) is 14.8. The second-order valence-electron chi connectivity index (χ2n) is 12.5. The van der Waals surface area contributed by atoms with Crippen LogP contribution < -0.4 is 27.4 Å². The average molecular weight is 633 g/mol. The van der Waals surface area contributed by atoms with E-state index in [1.165, 1.54) is 81.9 Å². The number of hydrogen-bond acceptors (Lipinski definition) is 7. The molecule has 4 amide bonds. The lowest BCUT2D eigenvalue weighted by Gasteiger charge is -2.29. The molecule has 2 rings (SSSR count). The van der Waals surface area contributed by atoms with Gasteiger partial charge in [0.15, 0.2) is 0 Å². The first-order valence-electron chi connectivity index (χ1n) is 17.4. The zero-order valence-corrected chi connectivity index (χ0v) is 27.8. The zero-order valence-electron chi connectivity index (χ0n) is 27.8. The Morgan fingerprint density at radius 2 is 1.53 bits per heavy atom. The number of hydrogen-bond donors (Lipinski definition) is 6. The Bertz CT molecular complexity index is 989. The molecule has 4 atom stereocenters. The maximum atomic E-state index is 13.4. The van der Waals surface area contributed by atoms with Gasteiger partial charge in [-0.3, -0.25) is 19.2 Å². The summed E-state index contributed by atoms with van der Waals surface area (Å²) in [5, 5.41) is 8.44. The summed E-state index contributed by atoms with van der Waals surface area (Å²) in [6, 6.07) is -3.33. The molecule has 1 aliphatic rings. The average Bonchev–Trinajstić information content (AvgIpc) is 3.74. The standard InChI is InChI=1S/C33H60N8O4/c1-3-4-5-6-7-8-9-10-11-12-13-14-15-16-19-37-31(43)28(21-26-23-36-24-38-26)40-32(44)29-18-17-20-41(29)33(45)25(2)39-30(42)27(35)22-34/h23-25,27-29H,3-22,34-35H2,1-2H3,(H,36,38)(H,37,43)(H,39,42)(H,40,44)/t25-,27+,28+,29+/m1/s1. The van der Waals surface area contributed by atoms with Crippen LogP contribution >= 0.6 is 0 Å². The number of carbonyl (C=O) groups is 4. The number of amides is 4. The largest absolute Gasteiger partial charge is 0.354 e. The summed E-state index contributed by atoms with van der Waals surface area (Å²) in [5.74, 6) is -1.56. The van der Waals surface area contributed by atoms with Gasteiger partial charge in [-0.25, -0.2) is 4.98 Å². The molecule has 45 heavy (non-hydrogen) atoms. The summed E-state index contributed by atoms with van der Waals surface area (Å²) >= 11 is 0. The van der Waals surface area contributed by atoms with Gasteiger partial charge in [0.2, 0.25) is 23.6 Å². The summed E-state index contributed by atoms with van der Waals surface area (Å²) in [4.78, 5) is 60.3. The second kappa shape index (κ2) is 22.5. The van der Waals surface area contributed by atoms with E-state index >= 15 is 0 Å². The van der Waals surface area contributed by atoms with E-state index in [0.29, 0.717) is 25.9 Å². The van der Waals surface area contributed by atoms with E-state index in [9.17, 15) is 19.2 Å². The Morgan fingerprint density at radius 1 is 0.933 bits per heavy atom. The Hall–Kier alpha value is -2.99. The Kier molecular flexibility index (Phi) is 19.1. The minimum absolute atomic E-state index is 0.0410. The lowest BCUT2D eigenvalue weighted by Crippen LogP contribution is -2.57. The van der Waals surface area contributed by atoms with Gasteiger partial charge in [-0.15, -0.1) is 0 Å². The number of nitrogens with two attached hydrogens (primary N) is 2. The van der Waals surface area contributed by atoms with E-state index in [1.807, 2.05) is 0 Å². The molecule has 0 unspecified atom stereocenters. The molecule has 0 aromatic carbocycles. The number of nitrogens with zero attached hydrogens (tertiary/aromatic N) is 2. The maximum Gasteiger partial charge on any atom is 0.245 e. The molecule has 0 aliphatic carbocycles. The number of aromatic amines is 1. The molecule has 1 aromatic rings. The lowest BCUT2D eigenvalue weighted by molar-refractivity contribution is -0.141. The molecule has 1 fully saturated rings. The zero-order chi connectivity index (χ0) is 32.9. The first kappa shape index (κ1) is 38.2. The number of rotatable bonds is 24. The quantitative estimate of drug-likeness (QED) is 0.0945. The number of nitrogens with one attached hydrogen (secondary N) is 4. The van der Waals surface area contributed by atoms with Crippen molar-refractivity contribution in [1.29, 1.82) is 0 Å².